The lowest BCUT2D eigenvalue weighted by Crippen LogP contribution is -2.34. The van der Waals surface area contributed by atoms with Crippen molar-refractivity contribution in [2.75, 3.05) is 0 Å². The third-order valence-corrected chi connectivity index (χ3v) is 2.92. The Labute approximate surface area is 108 Å². The summed E-state index contributed by atoms with van der Waals surface area (Å²) in [6, 6.07) is 8.73. The number of nitrogens with two attached hydrogens (primary N) is 1. The van der Waals surface area contributed by atoms with Gasteiger partial charge in [-0.2, -0.15) is 0 Å². The highest BCUT2D eigenvalue weighted by atomic mass is 35.5. The Balaban J connectivity index is 2.50. The molecule has 94 valence electrons. The van der Waals surface area contributed by atoms with Crippen LogP contribution in [0.25, 0.3) is 10.9 Å². The lowest BCUT2D eigenvalue weighted by molar-refractivity contribution is -0.131. The first kappa shape index (κ1) is 12.8. The summed E-state index contributed by atoms with van der Waals surface area (Å²) in [5.74, 6) is -1.02. The Morgan fingerprint density at radius 3 is 2.67 bits per heavy atom. The van der Waals surface area contributed by atoms with Crippen molar-refractivity contribution in [3.05, 3.63) is 41.0 Å². The third kappa shape index (κ3) is 2.28. The Morgan fingerprint density at radius 2 is 2.00 bits per heavy atom. The molecule has 0 fully saturated rings. The second-order valence-corrected chi connectivity index (χ2v) is 4.21. The van der Waals surface area contributed by atoms with E-state index in [-0.39, 0.29) is 10.7 Å². The van der Waals surface area contributed by atoms with Gasteiger partial charge in [-0.1, -0.05) is 29.8 Å². The van der Waals surface area contributed by atoms with Crippen molar-refractivity contribution in [3.8, 4) is 0 Å². The van der Waals surface area contributed by atoms with Gasteiger partial charge in [0, 0.05) is 10.9 Å². The van der Waals surface area contributed by atoms with Crippen LogP contribution in [0.15, 0.2) is 30.3 Å². The first-order chi connectivity index (χ1) is 8.50. The van der Waals surface area contributed by atoms with Crippen molar-refractivity contribution in [3.63, 3.8) is 0 Å². The van der Waals surface area contributed by atoms with Gasteiger partial charge in [-0.3, -0.25) is 4.79 Å². The molecule has 2 aromatic rings. The zero-order valence-corrected chi connectivity index (χ0v) is 10.0. The molecule has 2 atom stereocenters. The molecule has 2 unspecified atom stereocenters. The molecule has 0 aliphatic rings. The molecule has 1 aromatic heterocycles. The number of carbonyl (C=O) groups is 1. The predicted molar refractivity (Wildman–Crippen MR) is 66.9 cm³/mol. The van der Waals surface area contributed by atoms with Gasteiger partial charge in [0.2, 0.25) is 5.91 Å². The van der Waals surface area contributed by atoms with E-state index < -0.39 is 18.1 Å². The van der Waals surface area contributed by atoms with Crippen LogP contribution in [-0.4, -0.2) is 27.2 Å². The van der Waals surface area contributed by atoms with E-state index in [2.05, 4.69) is 4.98 Å². The van der Waals surface area contributed by atoms with Crippen molar-refractivity contribution < 1.29 is 15.0 Å². The molecule has 1 heterocycles. The van der Waals surface area contributed by atoms with Gasteiger partial charge in [0.15, 0.2) is 6.10 Å². The normalized spacial score (nSPS) is 14.4. The monoisotopic (exact) mass is 266 g/mol. The number of rotatable bonds is 3. The quantitative estimate of drug-likeness (QED) is 0.715. The highest BCUT2D eigenvalue weighted by Crippen LogP contribution is 2.27. The number of benzene rings is 1. The summed E-state index contributed by atoms with van der Waals surface area (Å²) in [6.07, 6.45) is -3.21. The lowest BCUT2D eigenvalue weighted by atomic mass is 10.0. The Morgan fingerprint density at radius 1 is 1.33 bits per heavy atom. The van der Waals surface area contributed by atoms with Crippen molar-refractivity contribution in [2.45, 2.75) is 12.2 Å². The number of aromatic nitrogens is 1. The average molecular weight is 267 g/mol. The zero-order valence-electron chi connectivity index (χ0n) is 9.25. The van der Waals surface area contributed by atoms with Crippen molar-refractivity contribution >= 4 is 28.4 Å². The molecule has 0 aliphatic carbocycles. The van der Waals surface area contributed by atoms with E-state index in [0.29, 0.717) is 5.52 Å². The van der Waals surface area contributed by atoms with Gasteiger partial charge >= 0.3 is 0 Å². The Hall–Kier alpha value is -1.69. The molecule has 1 aromatic carbocycles. The van der Waals surface area contributed by atoms with Gasteiger partial charge in [-0.05, 0) is 12.1 Å². The third-order valence-electron chi connectivity index (χ3n) is 2.61. The van der Waals surface area contributed by atoms with Crippen LogP contribution in [0.2, 0.25) is 5.15 Å². The maximum Gasteiger partial charge on any atom is 0.249 e. The van der Waals surface area contributed by atoms with Crippen LogP contribution in [0.4, 0.5) is 0 Å². The number of halogens is 1. The molecule has 0 saturated carbocycles. The lowest BCUT2D eigenvalue weighted by Gasteiger charge is -2.16. The van der Waals surface area contributed by atoms with Crippen LogP contribution < -0.4 is 5.73 Å². The summed E-state index contributed by atoms with van der Waals surface area (Å²) in [5.41, 5.74) is 5.75. The van der Waals surface area contributed by atoms with Gasteiger partial charge in [-0.15, -0.1) is 0 Å². The first-order valence-electron chi connectivity index (χ1n) is 5.21. The van der Waals surface area contributed by atoms with Gasteiger partial charge < -0.3 is 15.9 Å². The maximum atomic E-state index is 10.8. The van der Waals surface area contributed by atoms with Crippen LogP contribution >= 0.6 is 11.6 Å². The molecule has 18 heavy (non-hydrogen) atoms. The van der Waals surface area contributed by atoms with Gasteiger partial charge in [0.1, 0.15) is 11.3 Å². The van der Waals surface area contributed by atoms with Crippen LogP contribution in [0.5, 0.6) is 0 Å². The van der Waals surface area contributed by atoms with Crippen molar-refractivity contribution in [1.82, 2.24) is 4.98 Å². The molecule has 0 radical (unpaired) electrons. The summed E-state index contributed by atoms with van der Waals surface area (Å²) in [6.45, 7) is 0. The number of primary amides is 1. The standard InChI is InChI=1S/C12H11ClN2O3/c13-11-7(9(16)10(17)12(14)18)5-6-3-1-2-4-8(6)15-11/h1-5,9-10,16-17H,(H2,14,18). The number of nitrogens with zero attached hydrogens (tertiary/aromatic N) is 1. The number of para-hydroxylation sites is 1. The largest absolute Gasteiger partial charge is 0.385 e. The van der Waals surface area contributed by atoms with E-state index in [1.807, 2.05) is 0 Å². The number of aliphatic hydroxyl groups is 2. The highest BCUT2D eigenvalue weighted by Gasteiger charge is 2.26. The van der Waals surface area contributed by atoms with Crippen LogP contribution in [0, 0.1) is 0 Å². The van der Waals surface area contributed by atoms with Crippen molar-refractivity contribution in [2.24, 2.45) is 5.73 Å². The van der Waals surface area contributed by atoms with E-state index in [0.717, 1.165) is 5.39 Å². The number of aliphatic hydroxyl groups excluding tert-OH is 2. The minimum Gasteiger partial charge on any atom is -0.385 e. The molecule has 0 saturated heterocycles. The van der Waals surface area contributed by atoms with E-state index in [4.69, 9.17) is 17.3 Å². The molecule has 4 N–H and O–H groups in total. The molecular weight excluding hydrogens is 256 g/mol. The fourth-order valence-corrected chi connectivity index (χ4v) is 1.90. The number of fused-ring (bicyclic) bond motifs is 1. The fraction of sp³-hybridized carbons (Fsp3) is 0.167. The summed E-state index contributed by atoms with van der Waals surface area (Å²) in [5, 5.41) is 20.0. The summed E-state index contributed by atoms with van der Waals surface area (Å²) < 4.78 is 0. The average Bonchev–Trinajstić information content (AvgIpc) is 2.36. The smallest absolute Gasteiger partial charge is 0.249 e. The second kappa shape index (κ2) is 4.89. The number of hydrogen-bond acceptors (Lipinski definition) is 4. The van der Waals surface area contributed by atoms with Crippen LogP contribution in [0.1, 0.15) is 11.7 Å². The number of carbonyl (C=O) groups excluding carboxylic acids is 1. The number of pyridine rings is 1. The van der Waals surface area contributed by atoms with E-state index in [1.165, 1.54) is 0 Å². The second-order valence-electron chi connectivity index (χ2n) is 3.85. The summed E-state index contributed by atoms with van der Waals surface area (Å²) >= 11 is 5.91. The van der Waals surface area contributed by atoms with Crippen molar-refractivity contribution in [1.29, 1.82) is 0 Å². The molecule has 5 nitrogen and oxygen atoms in total. The van der Waals surface area contributed by atoms with Crippen LogP contribution in [0.3, 0.4) is 0 Å². The van der Waals surface area contributed by atoms with E-state index in [1.54, 1.807) is 30.3 Å². The predicted octanol–water partition coefficient (Wildman–Crippen LogP) is 0.768. The minimum atomic E-state index is -1.72. The van der Waals surface area contributed by atoms with Crippen LogP contribution in [-0.2, 0) is 4.79 Å². The molecule has 1 amide bonds. The molecular formula is C12H11ClN2O3. The SMILES string of the molecule is NC(=O)C(O)C(O)c1cc2ccccc2nc1Cl. The van der Waals surface area contributed by atoms with E-state index in [9.17, 15) is 15.0 Å². The van der Waals surface area contributed by atoms with E-state index >= 15 is 0 Å². The molecule has 0 spiro atoms. The van der Waals surface area contributed by atoms with Gasteiger partial charge in [0.25, 0.3) is 0 Å². The Bertz CT molecular complexity index is 603. The summed E-state index contributed by atoms with van der Waals surface area (Å²) in [7, 11) is 0. The zero-order chi connectivity index (χ0) is 13.3. The molecule has 6 heteroatoms. The Kier molecular flexibility index (Phi) is 3.47. The number of hydrogen-bond donors (Lipinski definition) is 3. The number of amides is 1. The van der Waals surface area contributed by atoms with Gasteiger partial charge in [0.05, 0.1) is 5.52 Å². The minimum absolute atomic E-state index is 0.0292. The highest BCUT2D eigenvalue weighted by molar-refractivity contribution is 6.30. The maximum absolute atomic E-state index is 10.8. The fourth-order valence-electron chi connectivity index (χ4n) is 1.64. The topological polar surface area (TPSA) is 96.4 Å². The molecule has 2 rings (SSSR count). The molecule has 0 bridgehead atoms. The summed E-state index contributed by atoms with van der Waals surface area (Å²) in [4.78, 5) is 14.9. The van der Waals surface area contributed by atoms with Gasteiger partial charge in [-0.25, -0.2) is 4.98 Å². The first-order valence-corrected chi connectivity index (χ1v) is 5.59. The molecule has 0 aliphatic heterocycles.